The summed E-state index contributed by atoms with van der Waals surface area (Å²) in [6.45, 7) is -3.60. The molecule has 2 aromatic carbocycles. The maximum atomic E-state index is 12.1. The Labute approximate surface area is 168 Å². The van der Waals surface area contributed by atoms with Gasteiger partial charge in [0.05, 0.1) is 16.2 Å². The highest BCUT2D eigenvalue weighted by molar-refractivity contribution is 5.95. The molecular weight excluding hydrogens is 404 g/mol. The Balaban J connectivity index is 1.87. The van der Waals surface area contributed by atoms with Crippen molar-refractivity contribution in [2.24, 2.45) is 0 Å². The number of amides is 1. The van der Waals surface area contributed by atoms with Gasteiger partial charge in [-0.2, -0.15) is 14.0 Å². The van der Waals surface area contributed by atoms with Gasteiger partial charge in [0.1, 0.15) is 11.8 Å². The fourth-order valence-electron chi connectivity index (χ4n) is 2.14. The number of carbonyl (C=O) groups is 2. The molecule has 0 atom stereocenters. The Morgan fingerprint density at radius 2 is 1.93 bits per heavy atom. The zero-order valence-corrected chi connectivity index (χ0v) is 15.1. The van der Waals surface area contributed by atoms with Gasteiger partial charge >= 0.3 is 12.6 Å². The lowest BCUT2D eigenvalue weighted by molar-refractivity contribution is -0.384. The molecule has 2 aromatic rings. The molecule has 0 spiro atoms. The van der Waals surface area contributed by atoms with Crippen molar-refractivity contribution in [2.45, 2.75) is 6.61 Å². The Kier molecular flexibility index (Phi) is 7.53. The molecule has 0 heterocycles. The van der Waals surface area contributed by atoms with E-state index in [-0.39, 0.29) is 22.7 Å². The van der Waals surface area contributed by atoms with E-state index < -0.39 is 30.0 Å². The number of nitrogens with zero attached hydrogens (tertiary/aromatic N) is 2. The molecule has 0 aliphatic rings. The number of esters is 1. The zero-order chi connectivity index (χ0) is 22.1. The van der Waals surface area contributed by atoms with Crippen LogP contribution in [-0.2, 0) is 14.3 Å². The molecule has 0 radical (unpaired) electrons. The summed E-state index contributed by atoms with van der Waals surface area (Å²) >= 11 is 0. The summed E-state index contributed by atoms with van der Waals surface area (Å²) in [5.41, 5.74) is 0.103. The first-order valence-electron chi connectivity index (χ1n) is 8.16. The van der Waals surface area contributed by atoms with Gasteiger partial charge in [-0.15, -0.1) is 0 Å². The van der Waals surface area contributed by atoms with Crippen LogP contribution in [0, 0.1) is 21.4 Å². The van der Waals surface area contributed by atoms with Crippen LogP contribution in [0.25, 0.3) is 6.08 Å². The largest absolute Gasteiger partial charge is 0.452 e. The third-order valence-corrected chi connectivity index (χ3v) is 3.47. The van der Waals surface area contributed by atoms with Crippen molar-refractivity contribution in [3.8, 4) is 11.8 Å². The van der Waals surface area contributed by atoms with Crippen molar-refractivity contribution < 1.29 is 32.8 Å². The Morgan fingerprint density at radius 3 is 2.53 bits per heavy atom. The van der Waals surface area contributed by atoms with E-state index in [4.69, 9.17) is 10.00 Å². The fourth-order valence-corrected chi connectivity index (χ4v) is 2.14. The van der Waals surface area contributed by atoms with Crippen LogP contribution in [0.3, 0.4) is 0 Å². The lowest BCUT2D eigenvalue weighted by atomic mass is 10.1. The van der Waals surface area contributed by atoms with Crippen molar-refractivity contribution in [1.82, 2.24) is 0 Å². The third kappa shape index (κ3) is 6.68. The quantitative estimate of drug-likeness (QED) is 0.302. The normalized spacial score (nSPS) is 10.5. The van der Waals surface area contributed by atoms with E-state index in [1.807, 2.05) is 0 Å². The van der Waals surface area contributed by atoms with Gasteiger partial charge in [-0.05, 0) is 29.8 Å². The number of hydrogen-bond donors (Lipinski definition) is 1. The summed E-state index contributed by atoms with van der Waals surface area (Å²) in [5.74, 6) is -1.64. The zero-order valence-electron chi connectivity index (χ0n) is 15.1. The number of nitro benzene ring substituents is 1. The molecule has 1 N–H and O–H groups in total. The van der Waals surface area contributed by atoms with Crippen LogP contribution in [0.4, 0.5) is 20.2 Å². The number of nitro groups is 1. The Bertz CT molecular complexity index is 1020. The maximum Gasteiger partial charge on any atom is 0.387 e. The first-order valence-corrected chi connectivity index (χ1v) is 8.16. The van der Waals surface area contributed by atoms with E-state index in [1.54, 1.807) is 6.07 Å². The number of benzene rings is 2. The van der Waals surface area contributed by atoms with Crippen LogP contribution in [0.1, 0.15) is 11.1 Å². The summed E-state index contributed by atoms with van der Waals surface area (Å²) in [7, 11) is 0. The standard InChI is InChI=1S/C19H13F2N3O6/c20-19(21)30-15-5-1-12(2-6-15)3-8-18(26)29-11-17(25)23-16-7-4-14(24(27)28)9-13(16)10-22/h1-9,19H,11H2,(H,23,25)/b8-3+. The molecular formula is C19H13F2N3O6. The van der Waals surface area contributed by atoms with Crippen molar-refractivity contribution in [3.05, 3.63) is 69.8 Å². The number of ether oxygens (including phenoxy) is 2. The maximum absolute atomic E-state index is 12.1. The Morgan fingerprint density at radius 1 is 1.23 bits per heavy atom. The molecule has 9 nitrogen and oxygen atoms in total. The molecule has 0 aromatic heterocycles. The number of hydrogen-bond acceptors (Lipinski definition) is 7. The molecule has 11 heteroatoms. The van der Waals surface area contributed by atoms with Gasteiger partial charge in [0.15, 0.2) is 6.61 Å². The number of alkyl halides is 2. The van der Waals surface area contributed by atoms with E-state index >= 15 is 0 Å². The van der Waals surface area contributed by atoms with E-state index in [1.165, 1.54) is 36.4 Å². The third-order valence-electron chi connectivity index (χ3n) is 3.47. The smallest absolute Gasteiger partial charge is 0.387 e. The highest BCUT2D eigenvalue weighted by atomic mass is 19.3. The van der Waals surface area contributed by atoms with Gasteiger partial charge in [-0.1, -0.05) is 12.1 Å². The molecule has 0 saturated heterocycles. The summed E-state index contributed by atoms with van der Waals surface area (Å²) < 4.78 is 33.1. The SMILES string of the molecule is N#Cc1cc([N+](=O)[O-])ccc1NC(=O)COC(=O)/C=C/c1ccc(OC(F)F)cc1. The average molecular weight is 417 g/mol. The second-order valence-electron chi connectivity index (χ2n) is 5.54. The molecule has 0 bridgehead atoms. The lowest BCUT2D eigenvalue weighted by Gasteiger charge is -2.07. The predicted octanol–water partition coefficient (Wildman–Crippen LogP) is 3.26. The lowest BCUT2D eigenvalue weighted by Crippen LogP contribution is -2.20. The van der Waals surface area contributed by atoms with E-state index in [2.05, 4.69) is 10.1 Å². The van der Waals surface area contributed by atoms with Crippen LogP contribution in [0.15, 0.2) is 48.5 Å². The molecule has 0 aliphatic carbocycles. The van der Waals surface area contributed by atoms with Crippen LogP contribution in [0.5, 0.6) is 5.75 Å². The number of halogens is 2. The number of non-ortho nitro benzene ring substituents is 1. The number of carbonyl (C=O) groups excluding carboxylic acids is 2. The average Bonchev–Trinajstić information content (AvgIpc) is 2.71. The summed E-state index contributed by atoms with van der Waals surface area (Å²) in [4.78, 5) is 33.6. The van der Waals surface area contributed by atoms with Crippen molar-refractivity contribution in [3.63, 3.8) is 0 Å². The molecule has 2 rings (SSSR count). The topological polar surface area (TPSA) is 132 Å². The van der Waals surface area contributed by atoms with Gasteiger partial charge in [0.2, 0.25) is 0 Å². The number of rotatable bonds is 8. The molecule has 0 aliphatic heterocycles. The van der Waals surface area contributed by atoms with Gasteiger partial charge in [0, 0.05) is 18.2 Å². The van der Waals surface area contributed by atoms with Gasteiger partial charge in [-0.3, -0.25) is 14.9 Å². The second kappa shape index (κ2) is 10.3. The predicted molar refractivity (Wildman–Crippen MR) is 99.5 cm³/mol. The van der Waals surface area contributed by atoms with Crippen molar-refractivity contribution in [1.29, 1.82) is 5.26 Å². The molecule has 0 fully saturated rings. The van der Waals surface area contributed by atoms with Gasteiger partial charge in [-0.25, -0.2) is 4.79 Å². The van der Waals surface area contributed by atoms with E-state index in [9.17, 15) is 28.5 Å². The summed E-state index contributed by atoms with van der Waals surface area (Å²) in [6.07, 6.45) is 2.37. The second-order valence-corrected chi connectivity index (χ2v) is 5.54. The number of nitriles is 1. The molecule has 0 unspecified atom stereocenters. The number of nitrogens with one attached hydrogen (secondary N) is 1. The minimum atomic E-state index is -2.94. The van der Waals surface area contributed by atoms with Gasteiger partial charge in [0.25, 0.3) is 11.6 Å². The first-order chi connectivity index (χ1) is 14.3. The van der Waals surface area contributed by atoms with Crippen molar-refractivity contribution >= 4 is 29.3 Å². The minimum absolute atomic E-state index is 0.0331. The minimum Gasteiger partial charge on any atom is -0.452 e. The highest BCUT2D eigenvalue weighted by Crippen LogP contribution is 2.21. The summed E-state index contributed by atoms with van der Waals surface area (Å²) in [5, 5.41) is 22.1. The molecule has 1 amide bonds. The van der Waals surface area contributed by atoms with Crippen LogP contribution < -0.4 is 10.1 Å². The van der Waals surface area contributed by atoms with E-state index in [0.717, 1.165) is 18.2 Å². The van der Waals surface area contributed by atoms with Crippen LogP contribution in [0.2, 0.25) is 0 Å². The highest BCUT2D eigenvalue weighted by Gasteiger charge is 2.13. The molecule has 154 valence electrons. The molecule has 0 saturated carbocycles. The van der Waals surface area contributed by atoms with Crippen LogP contribution in [-0.4, -0.2) is 30.0 Å². The van der Waals surface area contributed by atoms with Crippen LogP contribution >= 0.6 is 0 Å². The van der Waals surface area contributed by atoms with Gasteiger partial charge < -0.3 is 14.8 Å². The Hall–Kier alpha value is -4.33. The fraction of sp³-hybridized carbons (Fsp3) is 0.105. The summed E-state index contributed by atoms with van der Waals surface area (Å²) in [6, 6.07) is 10.5. The number of anilines is 1. The first kappa shape index (κ1) is 22.0. The monoisotopic (exact) mass is 417 g/mol. The molecule has 30 heavy (non-hydrogen) atoms. The van der Waals surface area contributed by atoms with Crippen molar-refractivity contribution in [2.75, 3.05) is 11.9 Å². The van der Waals surface area contributed by atoms with E-state index in [0.29, 0.717) is 5.56 Å².